The molecule has 2 nitrogen and oxygen atoms in total. The number of benzene rings is 1. The Bertz CT molecular complexity index is 236. The van der Waals surface area contributed by atoms with Gasteiger partial charge in [0.05, 0.1) is 12.3 Å². The van der Waals surface area contributed by atoms with Crippen LogP contribution >= 0.6 is 0 Å². The van der Waals surface area contributed by atoms with Crippen molar-refractivity contribution >= 4 is 5.69 Å². The Balaban J connectivity index is 0.000000791. The van der Waals surface area contributed by atoms with E-state index in [1.54, 1.807) is 0 Å². The van der Waals surface area contributed by atoms with Crippen LogP contribution < -0.4 is 10.1 Å². The van der Waals surface area contributed by atoms with Gasteiger partial charge < -0.3 is 10.1 Å². The van der Waals surface area contributed by atoms with E-state index in [9.17, 15) is 0 Å². The molecule has 1 N–H and O–H groups in total. The number of nitrogens with one attached hydrogen (secondary N) is 1. The summed E-state index contributed by atoms with van der Waals surface area (Å²) in [6.07, 6.45) is 1.04. The summed E-state index contributed by atoms with van der Waals surface area (Å²) in [5.74, 6) is 0.932. The molecule has 1 aromatic rings. The summed E-state index contributed by atoms with van der Waals surface area (Å²) in [5, 5.41) is 3.08. The van der Waals surface area contributed by atoms with Crippen LogP contribution in [0.3, 0.4) is 0 Å². The molecule has 0 aliphatic heterocycles. The zero-order valence-corrected chi connectivity index (χ0v) is 9.63. The molecule has 80 valence electrons. The van der Waals surface area contributed by atoms with Crippen LogP contribution in [0.4, 0.5) is 5.69 Å². The lowest BCUT2D eigenvalue weighted by atomic mass is 10.3. The summed E-state index contributed by atoms with van der Waals surface area (Å²) in [5.41, 5.74) is 1.05. The average molecular weight is 195 g/mol. The zero-order chi connectivity index (χ0) is 10.8. The Labute approximate surface area is 87.3 Å². The molecule has 0 aromatic heterocycles. The minimum atomic E-state index is 0.776. The average Bonchev–Trinajstić information content (AvgIpc) is 2.29. The highest BCUT2D eigenvalue weighted by atomic mass is 16.5. The van der Waals surface area contributed by atoms with Gasteiger partial charge in [0.25, 0.3) is 0 Å². The molecule has 0 saturated carbocycles. The molecule has 0 aliphatic rings. The predicted octanol–water partition coefficient (Wildman–Crippen LogP) is 3.54. The van der Waals surface area contributed by atoms with E-state index in [0.717, 1.165) is 24.5 Å². The second-order valence-corrected chi connectivity index (χ2v) is 2.59. The first kappa shape index (κ1) is 12.8. The third-order valence-corrected chi connectivity index (χ3v) is 1.62. The monoisotopic (exact) mass is 195 g/mol. The van der Waals surface area contributed by atoms with Gasteiger partial charge in [0.15, 0.2) is 0 Å². The first-order valence-corrected chi connectivity index (χ1v) is 5.28. The fourth-order valence-corrected chi connectivity index (χ4v) is 1.01. The summed E-state index contributed by atoms with van der Waals surface area (Å²) < 4.78 is 5.51. The van der Waals surface area contributed by atoms with Crippen LogP contribution in [0.15, 0.2) is 24.3 Å². The van der Waals surface area contributed by atoms with Crippen LogP contribution in [-0.4, -0.2) is 13.7 Å². The van der Waals surface area contributed by atoms with E-state index in [0.29, 0.717) is 0 Å². The highest BCUT2D eigenvalue weighted by Crippen LogP contribution is 2.22. The summed E-state index contributed by atoms with van der Waals surface area (Å²) in [4.78, 5) is 0. The Morgan fingerprint density at radius 3 is 2.43 bits per heavy atom. The van der Waals surface area contributed by atoms with Gasteiger partial charge in [-0.15, -0.1) is 0 Å². The SMILES string of the molecule is CC.CCCOc1ccccc1NC. The third-order valence-electron chi connectivity index (χ3n) is 1.62. The summed E-state index contributed by atoms with van der Waals surface area (Å²) in [7, 11) is 1.90. The van der Waals surface area contributed by atoms with E-state index < -0.39 is 0 Å². The molecule has 0 radical (unpaired) electrons. The van der Waals surface area contributed by atoms with Crippen molar-refractivity contribution in [2.24, 2.45) is 0 Å². The van der Waals surface area contributed by atoms with Gasteiger partial charge in [0.2, 0.25) is 0 Å². The predicted molar refractivity (Wildman–Crippen MR) is 63.1 cm³/mol. The smallest absolute Gasteiger partial charge is 0.142 e. The largest absolute Gasteiger partial charge is 0.491 e. The summed E-state index contributed by atoms with van der Waals surface area (Å²) in [6.45, 7) is 6.88. The van der Waals surface area contributed by atoms with Gasteiger partial charge in [0.1, 0.15) is 5.75 Å². The van der Waals surface area contributed by atoms with Crippen LogP contribution in [0.5, 0.6) is 5.75 Å². The number of hydrogen-bond donors (Lipinski definition) is 1. The van der Waals surface area contributed by atoms with Crippen molar-refractivity contribution in [3.8, 4) is 5.75 Å². The van der Waals surface area contributed by atoms with Crippen molar-refractivity contribution in [2.75, 3.05) is 19.0 Å². The highest BCUT2D eigenvalue weighted by molar-refractivity contribution is 5.55. The molecular formula is C12H21NO. The van der Waals surface area contributed by atoms with Crippen molar-refractivity contribution in [3.63, 3.8) is 0 Å². The maximum absolute atomic E-state index is 5.51. The Morgan fingerprint density at radius 1 is 1.21 bits per heavy atom. The third kappa shape index (κ3) is 4.17. The molecule has 0 bridgehead atoms. The molecule has 0 unspecified atom stereocenters. The molecule has 0 spiro atoms. The first-order valence-electron chi connectivity index (χ1n) is 5.28. The Kier molecular flexibility index (Phi) is 7.71. The minimum Gasteiger partial charge on any atom is -0.491 e. The number of anilines is 1. The second-order valence-electron chi connectivity index (χ2n) is 2.59. The van der Waals surface area contributed by atoms with Crippen molar-refractivity contribution in [2.45, 2.75) is 27.2 Å². The van der Waals surface area contributed by atoms with Crippen LogP contribution in [0, 0.1) is 0 Å². The Morgan fingerprint density at radius 2 is 1.86 bits per heavy atom. The molecule has 14 heavy (non-hydrogen) atoms. The quantitative estimate of drug-likeness (QED) is 0.793. The normalized spacial score (nSPS) is 8.57. The number of hydrogen-bond acceptors (Lipinski definition) is 2. The summed E-state index contributed by atoms with van der Waals surface area (Å²) >= 11 is 0. The van der Waals surface area contributed by atoms with Crippen molar-refractivity contribution in [1.29, 1.82) is 0 Å². The van der Waals surface area contributed by atoms with Gasteiger partial charge >= 0.3 is 0 Å². The molecule has 0 saturated heterocycles. The van der Waals surface area contributed by atoms with Crippen molar-refractivity contribution in [1.82, 2.24) is 0 Å². The van der Waals surface area contributed by atoms with E-state index in [1.165, 1.54) is 0 Å². The maximum atomic E-state index is 5.51. The fraction of sp³-hybridized carbons (Fsp3) is 0.500. The fourth-order valence-electron chi connectivity index (χ4n) is 1.01. The minimum absolute atomic E-state index is 0.776. The van der Waals surface area contributed by atoms with Crippen LogP contribution in [-0.2, 0) is 0 Å². The van der Waals surface area contributed by atoms with Gasteiger partial charge in [-0.05, 0) is 18.6 Å². The lowest BCUT2D eigenvalue weighted by Crippen LogP contribution is -1.98. The number of rotatable bonds is 4. The molecule has 0 heterocycles. The topological polar surface area (TPSA) is 21.3 Å². The van der Waals surface area contributed by atoms with Gasteiger partial charge in [-0.1, -0.05) is 32.9 Å². The molecule has 0 atom stereocenters. The second kappa shape index (κ2) is 8.42. The van der Waals surface area contributed by atoms with Crippen LogP contribution in [0.2, 0.25) is 0 Å². The maximum Gasteiger partial charge on any atom is 0.142 e. The molecule has 0 aliphatic carbocycles. The molecule has 1 aromatic carbocycles. The van der Waals surface area contributed by atoms with E-state index in [2.05, 4.69) is 12.2 Å². The lowest BCUT2D eigenvalue weighted by molar-refractivity contribution is 0.319. The van der Waals surface area contributed by atoms with E-state index >= 15 is 0 Å². The standard InChI is InChI=1S/C10H15NO.C2H6/c1-3-8-12-10-7-5-4-6-9(10)11-2;1-2/h4-7,11H,3,8H2,1-2H3;1-2H3. The van der Waals surface area contributed by atoms with E-state index in [1.807, 2.05) is 45.2 Å². The first-order chi connectivity index (χ1) is 6.88. The number of ether oxygens (including phenoxy) is 1. The molecule has 1 rings (SSSR count). The van der Waals surface area contributed by atoms with Crippen LogP contribution in [0.1, 0.15) is 27.2 Å². The van der Waals surface area contributed by atoms with Crippen LogP contribution in [0.25, 0.3) is 0 Å². The number of para-hydroxylation sites is 2. The summed E-state index contributed by atoms with van der Waals surface area (Å²) in [6, 6.07) is 7.95. The molecule has 0 fully saturated rings. The zero-order valence-electron chi connectivity index (χ0n) is 9.63. The molecule has 2 heteroatoms. The van der Waals surface area contributed by atoms with Gasteiger partial charge in [-0.2, -0.15) is 0 Å². The highest BCUT2D eigenvalue weighted by Gasteiger charge is 1.97. The van der Waals surface area contributed by atoms with Gasteiger partial charge in [0, 0.05) is 7.05 Å². The molecule has 0 amide bonds. The van der Waals surface area contributed by atoms with E-state index in [-0.39, 0.29) is 0 Å². The lowest BCUT2D eigenvalue weighted by Gasteiger charge is -2.09. The van der Waals surface area contributed by atoms with Crippen molar-refractivity contribution in [3.05, 3.63) is 24.3 Å². The van der Waals surface area contributed by atoms with Gasteiger partial charge in [-0.25, -0.2) is 0 Å². The van der Waals surface area contributed by atoms with Crippen molar-refractivity contribution < 1.29 is 4.74 Å². The Hall–Kier alpha value is -1.18. The van der Waals surface area contributed by atoms with Gasteiger partial charge in [-0.3, -0.25) is 0 Å². The molecular weight excluding hydrogens is 174 g/mol. The van der Waals surface area contributed by atoms with E-state index in [4.69, 9.17) is 4.74 Å².